The summed E-state index contributed by atoms with van der Waals surface area (Å²) in [5, 5.41) is 0.777. The number of aryl methyl sites for hydroxylation is 1. The van der Waals surface area contributed by atoms with E-state index in [9.17, 15) is 9.18 Å². The molecular weight excluding hydrogens is 305 g/mol. The van der Waals surface area contributed by atoms with Gasteiger partial charge in [-0.2, -0.15) is 0 Å². The maximum absolute atomic E-state index is 13.5. The SMILES string of the molecule is Cc1[nH]c2ccc(F)cc2c1CC(=O)N(C)CCc1ccccn1. The number of pyridine rings is 1. The number of nitrogens with one attached hydrogen (secondary N) is 1. The molecule has 1 aromatic carbocycles. The van der Waals surface area contributed by atoms with E-state index in [4.69, 9.17) is 0 Å². The molecular formula is C19H20FN3O. The molecule has 0 fully saturated rings. The van der Waals surface area contributed by atoms with E-state index in [2.05, 4.69) is 9.97 Å². The Hall–Kier alpha value is -2.69. The first-order valence-electron chi connectivity index (χ1n) is 7.95. The lowest BCUT2D eigenvalue weighted by molar-refractivity contribution is -0.129. The standard InChI is InChI=1S/C19H20FN3O/c1-13-16(17-11-14(20)6-7-18(17)22-13)12-19(24)23(2)10-8-15-5-3-4-9-21-15/h3-7,9,11,22H,8,10,12H2,1-2H3. The van der Waals surface area contributed by atoms with E-state index in [-0.39, 0.29) is 18.1 Å². The van der Waals surface area contributed by atoms with Crippen LogP contribution in [0.1, 0.15) is 17.0 Å². The van der Waals surface area contributed by atoms with Gasteiger partial charge in [0.1, 0.15) is 5.82 Å². The second-order valence-electron chi connectivity index (χ2n) is 5.98. The van der Waals surface area contributed by atoms with Crippen molar-refractivity contribution in [1.29, 1.82) is 0 Å². The Bertz CT molecular complexity index is 858. The van der Waals surface area contributed by atoms with Gasteiger partial charge >= 0.3 is 0 Å². The zero-order valence-electron chi connectivity index (χ0n) is 13.8. The molecule has 0 bridgehead atoms. The van der Waals surface area contributed by atoms with Crippen molar-refractivity contribution in [3.63, 3.8) is 0 Å². The van der Waals surface area contributed by atoms with Crippen LogP contribution in [-0.4, -0.2) is 34.4 Å². The van der Waals surface area contributed by atoms with Gasteiger partial charge < -0.3 is 9.88 Å². The molecule has 3 rings (SSSR count). The molecule has 4 nitrogen and oxygen atoms in total. The summed E-state index contributed by atoms with van der Waals surface area (Å²) in [4.78, 5) is 21.7. The Labute approximate surface area is 140 Å². The molecule has 0 spiro atoms. The Morgan fingerprint density at radius 1 is 1.29 bits per heavy atom. The van der Waals surface area contributed by atoms with Crippen LogP contribution in [0.5, 0.6) is 0 Å². The van der Waals surface area contributed by atoms with Crippen molar-refractivity contribution >= 4 is 16.8 Å². The Balaban J connectivity index is 1.70. The molecule has 2 heterocycles. The van der Waals surface area contributed by atoms with E-state index in [0.717, 1.165) is 27.9 Å². The van der Waals surface area contributed by atoms with Crippen LogP contribution in [-0.2, 0) is 17.6 Å². The first-order chi connectivity index (χ1) is 11.5. The van der Waals surface area contributed by atoms with Crippen LogP contribution in [0, 0.1) is 12.7 Å². The molecule has 0 aliphatic rings. The number of H-pyrrole nitrogens is 1. The molecule has 24 heavy (non-hydrogen) atoms. The minimum absolute atomic E-state index is 0.0131. The largest absolute Gasteiger partial charge is 0.358 e. The fourth-order valence-electron chi connectivity index (χ4n) is 2.82. The average Bonchev–Trinajstić information content (AvgIpc) is 2.89. The monoisotopic (exact) mass is 325 g/mol. The molecule has 0 saturated heterocycles. The van der Waals surface area contributed by atoms with Crippen molar-refractivity contribution in [2.75, 3.05) is 13.6 Å². The maximum atomic E-state index is 13.5. The number of rotatable bonds is 5. The molecule has 0 radical (unpaired) electrons. The third-order valence-electron chi connectivity index (χ3n) is 4.26. The molecule has 1 amide bonds. The van der Waals surface area contributed by atoms with Crippen LogP contribution in [0.25, 0.3) is 10.9 Å². The van der Waals surface area contributed by atoms with Gasteiger partial charge in [0, 0.05) is 48.5 Å². The normalized spacial score (nSPS) is 11.0. The van der Waals surface area contributed by atoms with Crippen molar-refractivity contribution in [2.24, 2.45) is 0 Å². The van der Waals surface area contributed by atoms with Crippen LogP contribution < -0.4 is 0 Å². The van der Waals surface area contributed by atoms with E-state index in [1.807, 2.05) is 25.1 Å². The van der Waals surface area contributed by atoms with E-state index in [0.29, 0.717) is 13.0 Å². The van der Waals surface area contributed by atoms with Gasteiger partial charge in [-0.15, -0.1) is 0 Å². The van der Waals surface area contributed by atoms with Gasteiger partial charge in [-0.05, 0) is 42.8 Å². The van der Waals surface area contributed by atoms with Gasteiger partial charge in [-0.3, -0.25) is 9.78 Å². The third-order valence-corrected chi connectivity index (χ3v) is 4.26. The number of hydrogen-bond acceptors (Lipinski definition) is 2. The Kier molecular flexibility index (Phi) is 4.60. The molecule has 124 valence electrons. The number of carbonyl (C=O) groups excluding carboxylic acids is 1. The summed E-state index contributed by atoms with van der Waals surface area (Å²) in [5.74, 6) is -0.280. The highest BCUT2D eigenvalue weighted by molar-refractivity contribution is 5.90. The minimum atomic E-state index is -0.293. The van der Waals surface area contributed by atoms with Gasteiger partial charge in [-0.1, -0.05) is 6.07 Å². The second-order valence-corrected chi connectivity index (χ2v) is 5.98. The van der Waals surface area contributed by atoms with Crippen LogP contribution in [0.2, 0.25) is 0 Å². The van der Waals surface area contributed by atoms with Crippen molar-refractivity contribution in [1.82, 2.24) is 14.9 Å². The summed E-state index contributed by atoms with van der Waals surface area (Å²) in [6, 6.07) is 10.4. The number of nitrogens with zero attached hydrogens (tertiary/aromatic N) is 2. The maximum Gasteiger partial charge on any atom is 0.226 e. The zero-order valence-corrected chi connectivity index (χ0v) is 13.8. The van der Waals surface area contributed by atoms with Gasteiger partial charge in [-0.25, -0.2) is 4.39 Å². The molecule has 0 saturated carbocycles. The van der Waals surface area contributed by atoms with Crippen molar-refractivity contribution in [3.05, 3.63) is 65.4 Å². The number of aromatic amines is 1. The lowest BCUT2D eigenvalue weighted by atomic mass is 10.1. The highest BCUT2D eigenvalue weighted by Gasteiger charge is 2.16. The average molecular weight is 325 g/mol. The van der Waals surface area contributed by atoms with E-state index >= 15 is 0 Å². The van der Waals surface area contributed by atoms with Crippen LogP contribution in [0.15, 0.2) is 42.6 Å². The summed E-state index contributed by atoms with van der Waals surface area (Å²) in [7, 11) is 1.79. The molecule has 0 atom stereocenters. The number of halogens is 1. The number of amides is 1. The second kappa shape index (κ2) is 6.83. The summed E-state index contributed by atoms with van der Waals surface area (Å²) < 4.78 is 13.5. The number of aromatic nitrogens is 2. The van der Waals surface area contributed by atoms with Crippen molar-refractivity contribution < 1.29 is 9.18 Å². The Morgan fingerprint density at radius 3 is 2.88 bits per heavy atom. The predicted octanol–water partition coefficient (Wildman–Crippen LogP) is 3.25. The zero-order chi connectivity index (χ0) is 17.1. The number of carbonyl (C=O) groups is 1. The van der Waals surface area contributed by atoms with Crippen molar-refractivity contribution in [2.45, 2.75) is 19.8 Å². The van der Waals surface area contributed by atoms with Crippen LogP contribution in [0.4, 0.5) is 4.39 Å². The predicted molar refractivity (Wildman–Crippen MR) is 92.3 cm³/mol. The highest BCUT2D eigenvalue weighted by atomic mass is 19.1. The van der Waals surface area contributed by atoms with E-state index < -0.39 is 0 Å². The number of fused-ring (bicyclic) bond motifs is 1. The molecule has 0 aliphatic heterocycles. The quantitative estimate of drug-likeness (QED) is 0.783. The topological polar surface area (TPSA) is 49.0 Å². The molecule has 1 N–H and O–H groups in total. The smallest absolute Gasteiger partial charge is 0.226 e. The highest BCUT2D eigenvalue weighted by Crippen LogP contribution is 2.24. The fraction of sp³-hybridized carbons (Fsp3) is 0.263. The van der Waals surface area contributed by atoms with Gasteiger partial charge in [0.05, 0.1) is 6.42 Å². The minimum Gasteiger partial charge on any atom is -0.358 e. The first-order valence-corrected chi connectivity index (χ1v) is 7.95. The first kappa shape index (κ1) is 16.2. The number of benzene rings is 1. The lowest BCUT2D eigenvalue weighted by Crippen LogP contribution is -2.30. The molecule has 0 unspecified atom stereocenters. The number of likely N-dealkylation sites (N-methyl/N-ethyl adjacent to an activating group) is 1. The summed E-state index contributed by atoms with van der Waals surface area (Å²) >= 11 is 0. The summed E-state index contributed by atoms with van der Waals surface area (Å²) in [6.45, 7) is 2.51. The lowest BCUT2D eigenvalue weighted by Gasteiger charge is -2.17. The fourth-order valence-corrected chi connectivity index (χ4v) is 2.82. The van der Waals surface area contributed by atoms with Gasteiger partial charge in [0.25, 0.3) is 0 Å². The molecule has 5 heteroatoms. The molecule has 2 aromatic heterocycles. The van der Waals surface area contributed by atoms with Gasteiger partial charge in [0.2, 0.25) is 5.91 Å². The third kappa shape index (κ3) is 3.45. The summed E-state index contributed by atoms with van der Waals surface area (Å²) in [5.41, 5.74) is 3.58. The van der Waals surface area contributed by atoms with E-state index in [1.165, 1.54) is 12.1 Å². The van der Waals surface area contributed by atoms with Crippen molar-refractivity contribution in [3.8, 4) is 0 Å². The molecule has 0 aliphatic carbocycles. The van der Waals surface area contributed by atoms with E-state index in [1.54, 1.807) is 24.2 Å². The summed E-state index contributed by atoms with van der Waals surface area (Å²) in [6.07, 6.45) is 2.72. The van der Waals surface area contributed by atoms with Gasteiger partial charge in [0.15, 0.2) is 0 Å². The number of hydrogen-bond donors (Lipinski definition) is 1. The van der Waals surface area contributed by atoms with Crippen LogP contribution >= 0.6 is 0 Å². The Morgan fingerprint density at radius 2 is 2.12 bits per heavy atom. The molecule has 3 aromatic rings. The van der Waals surface area contributed by atoms with Crippen LogP contribution in [0.3, 0.4) is 0 Å².